The molecule has 3 fully saturated rings. The highest BCUT2D eigenvalue weighted by Crippen LogP contribution is 2.39. The molecule has 2 aliphatic heterocycles. The van der Waals surface area contributed by atoms with Gasteiger partial charge < -0.3 is 16.0 Å². The fraction of sp³-hybridized carbons (Fsp3) is 0.471. The first-order valence-electron chi connectivity index (χ1n) is 8.77. The topological polar surface area (TPSA) is 130 Å². The fourth-order valence-corrected chi connectivity index (χ4v) is 4.15. The molecule has 0 aromatic carbocycles. The van der Waals surface area contributed by atoms with Gasteiger partial charge in [0.05, 0.1) is 17.4 Å². The summed E-state index contributed by atoms with van der Waals surface area (Å²) >= 11 is 0. The number of aromatic amines is 1. The van der Waals surface area contributed by atoms with Crippen molar-refractivity contribution in [2.45, 2.75) is 25.3 Å². The van der Waals surface area contributed by atoms with Crippen molar-refractivity contribution < 1.29 is 9.59 Å². The number of hydrogen-bond donors (Lipinski definition) is 3. The van der Waals surface area contributed by atoms with Gasteiger partial charge in [0.15, 0.2) is 5.69 Å². The summed E-state index contributed by atoms with van der Waals surface area (Å²) in [6.45, 7) is 1.28. The van der Waals surface area contributed by atoms with E-state index in [1.807, 2.05) is 4.90 Å². The zero-order valence-electron chi connectivity index (χ0n) is 14.3. The molecule has 136 valence electrons. The molecule has 0 radical (unpaired) electrons. The monoisotopic (exact) mass is 355 g/mol. The van der Waals surface area contributed by atoms with E-state index in [1.165, 1.54) is 18.6 Å². The summed E-state index contributed by atoms with van der Waals surface area (Å²) in [4.78, 5) is 30.9. The molecule has 3 aliphatic rings. The summed E-state index contributed by atoms with van der Waals surface area (Å²) in [6, 6.07) is 1.72. The Morgan fingerprint density at radius 1 is 1.31 bits per heavy atom. The Bertz CT molecular complexity index is 807. The van der Waals surface area contributed by atoms with Gasteiger partial charge in [-0.1, -0.05) is 0 Å². The van der Waals surface area contributed by atoms with Crippen LogP contribution in [0.3, 0.4) is 0 Å². The second-order valence-electron chi connectivity index (χ2n) is 7.04. The van der Waals surface area contributed by atoms with Crippen molar-refractivity contribution >= 4 is 17.5 Å². The fourth-order valence-electron chi connectivity index (χ4n) is 4.15. The average Bonchev–Trinajstić information content (AvgIpc) is 3.20. The molecule has 4 N–H and O–H groups in total. The number of fused-ring (bicyclic) bond motifs is 3. The molecule has 3 unspecified atom stereocenters. The molecule has 9 heteroatoms. The van der Waals surface area contributed by atoms with E-state index in [0.29, 0.717) is 29.4 Å². The normalized spacial score (nSPS) is 24.5. The number of carbonyl (C=O) groups is 2. The molecule has 3 atom stereocenters. The molecule has 2 bridgehead atoms. The number of nitrogens with two attached hydrogens (primary N) is 1. The van der Waals surface area contributed by atoms with Gasteiger partial charge in [0.25, 0.3) is 11.8 Å². The van der Waals surface area contributed by atoms with Gasteiger partial charge in [-0.15, -0.1) is 0 Å². The summed E-state index contributed by atoms with van der Waals surface area (Å²) in [7, 11) is 0. The van der Waals surface area contributed by atoms with Crippen LogP contribution in [0.5, 0.6) is 0 Å². The van der Waals surface area contributed by atoms with Crippen molar-refractivity contribution in [1.29, 1.82) is 0 Å². The predicted molar refractivity (Wildman–Crippen MR) is 93.0 cm³/mol. The number of nitrogens with one attached hydrogen (secondary N) is 2. The second-order valence-corrected chi connectivity index (χ2v) is 7.04. The maximum atomic E-state index is 12.7. The number of pyridine rings is 1. The van der Waals surface area contributed by atoms with E-state index < -0.39 is 0 Å². The van der Waals surface area contributed by atoms with Crippen LogP contribution in [0.15, 0.2) is 24.7 Å². The van der Waals surface area contributed by atoms with Gasteiger partial charge in [-0.2, -0.15) is 15.4 Å². The molecule has 1 saturated carbocycles. The van der Waals surface area contributed by atoms with Crippen LogP contribution in [0.4, 0.5) is 5.69 Å². The number of rotatable bonds is 4. The minimum Gasteiger partial charge on any atom is -0.397 e. The van der Waals surface area contributed by atoms with Gasteiger partial charge in [-0.3, -0.25) is 14.6 Å². The number of nitrogens with zero attached hydrogens (tertiary/aromatic N) is 4. The molecule has 9 nitrogen and oxygen atoms in total. The molecular weight excluding hydrogens is 334 g/mol. The summed E-state index contributed by atoms with van der Waals surface area (Å²) in [6.07, 6.45) is 7.55. The van der Waals surface area contributed by atoms with Crippen LogP contribution in [0.25, 0.3) is 0 Å². The number of amides is 2. The average molecular weight is 355 g/mol. The van der Waals surface area contributed by atoms with Crippen molar-refractivity contribution in [3.63, 3.8) is 0 Å². The lowest BCUT2D eigenvalue weighted by molar-refractivity contribution is 0.00579. The SMILES string of the molecule is Nc1cncc(C(=O)NCC2CC3CCC2N(C(=O)c2cn[nH]n2)C3)c1. The van der Waals surface area contributed by atoms with Gasteiger partial charge in [0.1, 0.15) is 0 Å². The van der Waals surface area contributed by atoms with E-state index in [2.05, 4.69) is 25.7 Å². The molecule has 5 rings (SSSR count). The number of carbonyl (C=O) groups excluding carboxylic acids is 2. The van der Waals surface area contributed by atoms with Gasteiger partial charge >= 0.3 is 0 Å². The largest absolute Gasteiger partial charge is 0.397 e. The third-order valence-corrected chi connectivity index (χ3v) is 5.35. The van der Waals surface area contributed by atoms with Crippen molar-refractivity contribution in [2.75, 3.05) is 18.8 Å². The summed E-state index contributed by atoms with van der Waals surface area (Å²) in [5.74, 6) is 0.410. The predicted octanol–water partition coefficient (Wildman–Crippen LogP) is 0.453. The number of H-pyrrole nitrogens is 1. The van der Waals surface area contributed by atoms with Gasteiger partial charge in [-0.05, 0) is 37.2 Å². The lowest BCUT2D eigenvalue weighted by Gasteiger charge is -2.49. The quantitative estimate of drug-likeness (QED) is 0.730. The van der Waals surface area contributed by atoms with Crippen LogP contribution in [0.1, 0.15) is 40.1 Å². The van der Waals surface area contributed by atoms with E-state index in [0.717, 1.165) is 25.8 Å². The maximum absolute atomic E-state index is 12.7. The van der Waals surface area contributed by atoms with Crippen LogP contribution >= 0.6 is 0 Å². The van der Waals surface area contributed by atoms with Crippen molar-refractivity contribution in [2.24, 2.45) is 11.8 Å². The van der Waals surface area contributed by atoms with E-state index in [-0.39, 0.29) is 23.8 Å². The number of piperidine rings is 2. The minimum atomic E-state index is -0.194. The highest BCUT2D eigenvalue weighted by Gasteiger charge is 2.43. The van der Waals surface area contributed by atoms with Gasteiger partial charge in [0, 0.05) is 31.5 Å². The molecule has 4 heterocycles. The Hall–Kier alpha value is -2.97. The third kappa shape index (κ3) is 3.12. The first kappa shape index (κ1) is 16.5. The maximum Gasteiger partial charge on any atom is 0.276 e. The van der Waals surface area contributed by atoms with Crippen molar-refractivity contribution in [3.8, 4) is 0 Å². The van der Waals surface area contributed by atoms with Gasteiger partial charge in [0.2, 0.25) is 0 Å². The third-order valence-electron chi connectivity index (χ3n) is 5.35. The van der Waals surface area contributed by atoms with Gasteiger partial charge in [-0.25, -0.2) is 0 Å². The highest BCUT2D eigenvalue weighted by atomic mass is 16.2. The van der Waals surface area contributed by atoms with E-state index in [9.17, 15) is 9.59 Å². The Kier molecular flexibility index (Phi) is 4.27. The first-order valence-corrected chi connectivity index (χ1v) is 8.77. The zero-order chi connectivity index (χ0) is 18.1. The second kappa shape index (κ2) is 6.74. The number of aromatic nitrogens is 4. The lowest BCUT2D eigenvalue weighted by atomic mass is 9.72. The van der Waals surface area contributed by atoms with E-state index >= 15 is 0 Å². The van der Waals surface area contributed by atoms with Crippen LogP contribution < -0.4 is 11.1 Å². The standard InChI is InChI=1S/C17H21N7O2/c18-13-4-12(5-19-7-13)16(25)20-6-11-3-10-1-2-15(11)24(9-10)17(26)14-8-21-23-22-14/h4-5,7-8,10-11,15H,1-3,6,9,18H2,(H,20,25)(H,21,22,23). The smallest absolute Gasteiger partial charge is 0.276 e. The summed E-state index contributed by atoms with van der Waals surface area (Å²) in [5, 5.41) is 13.1. The molecule has 2 amide bonds. The van der Waals surface area contributed by atoms with Crippen molar-refractivity contribution in [1.82, 2.24) is 30.6 Å². The highest BCUT2D eigenvalue weighted by molar-refractivity contribution is 5.94. The Labute approximate surface area is 150 Å². The summed E-state index contributed by atoms with van der Waals surface area (Å²) in [5.41, 5.74) is 6.92. The molecule has 26 heavy (non-hydrogen) atoms. The zero-order valence-corrected chi connectivity index (χ0v) is 14.3. The Balaban J connectivity index is 1.42. The number of nitrogen functional groups attached to an aromatic ring is 1. The van der Waals surface area contributed by atoms with Crippen molar-refractivity contribution in [3.05, 3.63) is 35.9 Å². The van der Waals surface area contributed by atoms with Crippen LogP contribution in [-0.4, -0.2) is 56.2 Å². The molecule has 1 aliphatic carbocycles. The van der Waals surface area contributed by atoms with E-state index in [1.54, 1.807) is 6.07 Å². The number of anilines is 1. The minimum absolute atomic E-state index is 0.0930. The molecular formula is C17H21N7O2. The Morgan fingerprint density at radius 3 is 2.92 bits per heavy atom. The summed E-state index contributed by atoms with van der Waals surface area (Å²) < 4.78 is 0. The molecule has 2 aromatic heterocycles. The van der Waals surface area contributed by atoms with Crippen LogP contribution in [0, 0.1) is 11.8 Å². The molecule has 0 spiro atoms. The molecule has 2 aromatic rings. The first-order chi connectivity index (χ1) is 12.6. The molecule has 2 saturated heterocycles. The van der Waals surface area contributed by atoms with E-state index in [4.69, 9.17) is 5.73 Å². The number of hydrogen-bond acceptors (Lipinski definition) is 6. The Morgan fingerprint density at radius 2 is 2.19 bits per heavy atom. The lowest BCUT2D eigenvalue weighted by Crippen LogP contribution is -2.57. The van der Waals surface area contributed by atoms with Crippen LogP contribution in [0.2, 0.25) is 0 Å². The van der Waals surface area contributed by atoms with Crippen LogP contribution in [-0.2, 0) is 0 Å².